The van der Waals surface area contributed by atoms with Gasteiger partial charge in [0.05, 0.1) is 12.1 Å². The highest BCUT2D eigenvalue weighted by molar-refractivity contribution is 5.80. The Morgan fingerprint density at radius 3 is 3.10 bits per heavy atom. The van der Waals surface area contributed by atoms with Gasteiger partial charge in [0.1, 0.15) is 17.4 Å². The molecule has 0 bridgehead atoms. The largest absolute Gasteiger partial charge is 0.459 e. The number of rotatable bonds is 3. The molecule has 1 saturated heterocycles. The Morgan fingerprint density at radius 1 is 1.52 bits per heavy atom. The number of nitrogens with two attached hydrogens (primary N) is 1. The maximum Gasteiger partial charge on any atom is 0.225 e. The molecule has 2 N–H and O–H groups in total. The molecule has 108 valence electrons. The van der Waals surface area contributed by atoms with Gasteiger partial charge >= 0.3 is 0 Å². The van der Waals surface area contributed by atoms with Crippen molar-refractivity contribution in [3.05, 3.63) is 36.1 Å². The zero-order valence-corrected chi connectivity index (χ0v) is 11.7. The van der Waals surface area contributed by atoms with E-state index in [0.717, 1.165) is 23.8 Å². The number of benzene rings is 1. The second kappa shape index (κ2) is 5.58. The normalized spacial score (nSPS) is 19.6. The summed E-state index contributed by atoms with van der Waals surface area (Å²) in [6.07, 6.45) is 1.80. The Hall–Kier alpha value is -2.32. The predicted molar refractivity (Wildman–Crippen MR) is 78.1 cm³/mol. The summed E-state index contributed by atoms with van der Waals surface area (Å²) in [5, 5.41) is 10.0. The van der Waals surface area contributed by atoms with Crippen LogP contribution in [0.2, 0.25) is 0 Å². The van der Waals surface area contributed by atoms with Gasteiger partial charge in [0.15, 0.2) is 0 Å². The Bertz CT molecular complexity index is 668. The van der Waals surface area contributed by atoms with E-state index in [1.54, 1.807) is 4.90 Å². The smallest absolute Gasteiger partial charge is 0.225 e. The van der Waals surface area contributed by atoms with Crippen LogP contribution in [0, 0.1) is 11.3 Å². The Morgan fingerprint density at radius 2 is 2.33 bits per heavy atom. The van der Waals surface area contributed by atoms with Crippen LogP contribution in [0.1, 0.15) is 31.1 Å². The Labute approximate surface area is 122 Å². The minimum absolute atomic E-state index is 0.0768. The highest BCUT2D eigenvalue weighted by Crippen LogP contribution is 2.26. The average molecular weight is 283 g/mol. The van der Waals surface area contributed by atoms with Crippen molar-refractivity contribution >= 4 is 16.9 Å². The summed E-state index contributed by atoms with van der Waals surface area (Å²) in [5.74, 6) is 0.532. The van der Waals surface area contributed by atoms with Gasteiger partial charge in [-0.1, -0.05) is 18.2 Å². The van der Waals surface area contributed by atoms with E-state index in [1.807, 2.05) is 30.3 Å². The maximum absolute atomic E-state index is 12.3. The van der Waals surface area contributed by atoms with Crippen LogP contribution in [0.4, 0.5) is 0 Å². The summed E-state index contributed by atoms with van der Waals surface area (Å²) in [6, 6.07) is 10.9. The molecule has 1 fully saturated rings. The molecule has 1 unspecified atom stereocenters. The zero-order chi connectivity index (χ0) is 14.8. The molecule has 5 nitrogen and oxygen atoms in total. The van der Waals surface area contributed by atoms with Crippen LogP contribution in [-0.2, 0) is 4.79 Å². The van der Waals surface area contributed by atoms with Crippen LogP contribution < -0.4 is 5.73 Å². The minimum Gasteiger partial charge on any atom is -0.459 e. The van der Waals surface area contributed by atoms with Crippen LogP contribution >= 0.6 is 0 Å². The van der Waals surface area contributed by atoms with Gasteiger partial charge in [-0.05, 0) is 25.0 Å². The van der Waals surface area contributed by atoms with Crippen molar-refractivity contribution < 1.29 is 9.21 Å². The Balaban J connectivity index is 1.72. The van der Waals surface area contributed by atoms with Gasteiger partial charge in [-0.3, -0.25) is 4.79 Å². The molecular formula is C16H17N3O2. The first-order chi connectivity index (χ1) is 10.2. The summed E-state index contributed by atoms with van der Waals surface area (Å²) in [7, 11) is 0. The number of carbonyl (C=O) groups is 1. The molecule has 2 aromatic rings. The molecule has 0 aliphatic carbocycles. The van der Waals surface area contributed by atoms with E-state index >= 15 is 0 Å². The molecule has 0 saturated carbocycles. The monoisotopic (exact) mass is 283 g/mol. The lowest BCUT2D eigenvalue weighted by Gasteiger charge is -2.20. The van der Waals surface area contributed by atoms with E-state index in [0.29, 0.717) is 12.3 Å². The van der Waals surface area contributed by atoms with Gasteiger partial charge in [-0.2, -0.15) is 5.26 Å². The van der Waals surface area contributed by atoms with E-state index < -0.39 is 6.04 Å². The zero-order valence-electron chi connectivity index (χ0n) is 11.7. The number of hydrogen-bond donors (Lipinski definition) is 1. The van der Waals surface area contributed by atoms with Crippen molar-refractivity contribution in [2.24, 2.45) is 5.73 Å². The number of likely N-dealkylation sites (tertiary alicyclic amines) is 1. The third-order valence-electron chi connectivity index (χ3n) is 3.93. The molecule has 1 aromatic carbocycles. The maximum atomic E-state index is 12.3. The molecule has 1 amide bonds. The second-order valence-electron chi connectivity index (χ2n) is 5.37. The molecule has 1 aliphatic heterocycles. The first kappa shape index (κ1) is 13.7. The molecule has 1 aromatic heterocycles. The fourth-order valence-corrected chi connectivity index (χ4v) is 2.79. The lowest BCUT2D eigenvalue weighted by Crippen LogP contribution is -2.36. The fraction of sp³-hybridized carbons (Fsp3) is 0.375. The average Bonchev–Trinajstić information content (AvgIpc) is 3.13. The molecular weight excluding hydrogens is 266 g/mol. The van der Waals surface area contributed by atoms with Gasteiger partial charge in [0.2, 0.25) is 5.91 Å². The number of nitrogens with zero attached hydrogens (tertiary/aromatic N) is 2. The summed E-state index contributed by atoms with van der Waals surface area (Å²) in [6.45, 7) is 0.643. The molecule has 2 heterocycles. The van der Waals surface area contributed by atoms with Gasteiger partial charge in [-0.15, -0.1) is 0 Å². The standard InChI is InChI=1S/C16H17N3O2/c17-10-12-5-3-7-19(12)16(20)9-13(18)15-8-11-4-1-2-6-14(11)21-15/h1-2,4,6,8,12-13H,3,5,7,9,18H2/t12-,13?/m0/s1. The number of para-hydroxylation sites is 1. The van der Waals surface area contributed by atoms with Gasteiger partial charge in [0.25, 0.3) is 0 Å². The third-order valence-corrected chi connectivity index (χ3v) is 3.93. The van der Waals surface area contributed by atoms with Gasteiger partial charge in [-0.25, -0.2) is 0 Å². The molecule has 1 aliphatic rings. The molecule has 3 rings (SSSR count). The molecule has 0 radical (unpaired) electrons. The van der Waals surface area contributed by atoms with Crippen molar-refractivity contribution in [3.8, 4) is 6.07 Å². The topological polar surface area (TPSA) is 83.3 Å². The van der Waals surface area contributed by atoms with Crippen LogP contribution in [-0.4, -0.2) is 23.4 Å². The third kappa shape index (κ3) is 2.63. The fourth-order valence-electron chi connectivity index (χ4n) is 2.79. The van der Waals surface area contributed by atoms with E-state index in [4.69, 9.17) is 15.4 Å². The summed E-state index contributed by atoms with van der Waals surface area (Å²) in [5.41, 5.74) is 6.86. The van der Waals surface area contributed by atoms with E-state index in [-0.39, 0.29) is 18.4 Å². The van der Waals surface area contributed by atoms with Crippen LogP contribution in [0.15, 0.2) is 34.7 Å². The summed E-state index contributed by atoms with van der Waals surface area (Å²) >= 11 is 0. The van der Waals surface area contributed by atoms with Gasteiger partial charge < -0.3 is 15.1 Å². The SMILES string of the molecule is N#C[C@@H]1CCCN1C(=O)CC(N)c1cc2ccccc2o1. The highest BCUT2D eigenvalue weighted by atomic mass is 16.3. The van der Waals surface area contributed by atoms with Crippen molar-refractivity contribution in [3.63, 3.8) is 0 Å². The van der Waals surface area contributed by atoms with Crippen molar-refractivity contribution in [1.82, 2.24) is 4.90 Å². The molecule has 5 heteroatoms. The first-order valence-electron chi connectivity index (χ1n) is 7.12. The van der Waals surface area contributed by atoms with Crippen LogP contribution in [0.3, 0.4) is 0 Å². The van der Waals surface area contributed by atoms with Crippen molar-refractivity contribution in [1.29, 1.82) is 5.26 Å². The number of hydrogen-bond acceptors (Lipinski definition) is 4. The van der Waals surface area contributed by atoms with E-state index in [2.05, 4.69) is 6.07 Å². The lowest BCUT2D eigenvalue weighted by atomic mass is 10.1. The van der Waals surface area contributed by atoms with Crippen molar-refractivity contribution in [2.45, 2.75) is 31.3 Å². The molecule has 21 heavy (non-hydrogen) atoms. The number of nitriles is 1. The van der Waals surface area contributed by atoms with E-state index in [1.165, 1.54) is 0 Å². The first-order valence-corrected chi connectivity index (χ1v) is 7.12. The summed E-state index contributed by atoms with van der Waals surface area (Å²) in [4.78, 5) is 13.9. The lowest BCUT2D eigenvalue weighted by molar-refractivity contribution is -0.131. The number of furan rings is 1. The van der Waals surface area contributed by atoms with Gasteiger partial charge in [0, 0.05) is 18.4 Å². The number of amides is 1. The second-order valence-corrected chi connectivity index (χ2v) is 5.37. The predicted octanol–water partition coefficient (Wildman–Crippen LogP) is 2.34. The number of carbonyl (C=O) groups excluding carboxylic acids is 1. The number of fused-ring (bicyclic) bond motifs is 1. The highest BCUT2D eigenvalue weighted by Gasteiger charge is 2.30. The van der Waals surface area contributed by atoms with Crippen molar-refractivity contribution in [2.75, 3.05) is 6.54 Å². The molecule has 0 spiro atoms. The minimum atomic E-state index is -0.482. The van der Waals surface area contributed by atoms with E-state index in [9.17, 15) is 4.79 Å². The summed E-state index contributed by atoms with van der Waals surface area (Å²) < 4.78 is 5.69. The van der Waals surface area contributed by atoms with Crippen LogP contribution in [0.5, 0.6) is 0 Å². The van der Waals surface area contributed by atoms with Crippen LogP contribution in [0.25, 0.3) is 11.0 Å². The quantitative estimate of drug-likeness (QED) is 0.937. The Kier molecular flexibility index (Phi) is 3.63. The molecule has 2 atom stereocenters.